The highest BCUT2D eigenvalue weighted by Crippen LogP contribution is 2.15. The zero-order valence-electron chi connectivity index (χ0n) is 11.2. The number of benzene rings is 1. The third kappa shape index (κ3) is 4.79. The molecule has 1 aromatic rings. The van der Waals surface area contributed by atoms with Crippen LogP contribution in [0.15, 0.2) is 30.9 Å². The van der Waals surface area contributed by atoms with Crippen molar-refractivity contribution in [3.8, 4) is 0 Å². The molecule has 1 aromatic carbocycles. The lowest BCUT2D eigenvalue weighted by Gasteiger charge is -2.18. The molecule has 4 nitrogen and oxygen atoms in total. The molecule has 0 atom stereocenters. The van der Waals surface area contributed by atoms with E-state index in [1.54, 1.807) is 6.08 Å². The third-order valence-electron chi connectivity index (χ3n) is 2.61. The molecular formula is C14H16F2N2O2. The lowest BCUT2D eigenvalue weighted by atomic mass is 10.2. The highest BCUT2D eigenvalue weighted by Gasteiger charge is 2.11. The van der Waals surface area contributed by atoms with Crippen LogP contribution in [-0.2, 0) is 9.59 Å². The molecule has 108 valence electrons. The molecule has 0 saturated carbocycles. The molecule has 0 aliphatic rings. The predicted molar refractivity (Wildman–Crippen MR) is 72.1 cm³/mol. The first-order valence-electron chi connectivity index (χ1n) is 6.05. The molecular weight excluding hydrogens is 266 g/mol. The monoisotopic (exact) mass is 282 g/mol. The Bertz CT molecular complexity index is 518. The topological polar surface area (TPSA) is 49.4 Å². The highest BCUT2D eigenvalue weighted by molar-refractivity contribution is 5.91. The van der Waals surface area contributed by atoms with Gasteiger partial charge in [-0.1, -0.05) is 6.08 Å². The van der Waals surface area contributed by atoms with Crippen molar-refractivity contribution < 1.29 is 18.4 Å². The Morgan fingerprint density at radius 3 is 2.65 bits per heavy atom. The quantitative estimate of drug-likeness (QED) is 0.814. The van der Waals surface area contributed by atoms with Crippen molar-refractivity contribution in [2.75, 3.05) is 18.4 Å². The largest absolute Gasteiger partial charge is 0.339 e. The summed E-state index contributed by atoms with van der Waals surface area (Å²) in [5, 5.41) is 2.33. The van der Waals surface area contributed by atoms with Gasteiger partial charge in [0.1, 0.15) is 11.6 Å². The van der Waals surface area contributed by atoms with E-state index >= 15 is 0 Å². The van der Waals surface area contributed by atoms with Crippen molar-refractivity contribution in [2.45, 2.75) is 13.3 Å². The van der Waals surface area contributed by atoms with Gasteiger partial charge < -0.3 is 10.2 Å². The minimum Gasteiger partial charge on any atom is -0.339 e. The first kappa shape index (κ1) is 15.8. The molecule has 20 heavy (non-hydrogen) atoms. The fourth-order valence-corrected chi connectivity index (χ4v) is 1.57. The number of nitrogens with zero attached hydrogens (tertiary/aromatic N) is 1. The maximum Gasteiger partial charge on any atom is 0.226 e. The van der Waals surface area contributed by atoms with Crippen LogP contribution in [0.5, 0.6) is 0 Å². The summed E-state index contributed by atoms with van der Waals surface area (Å²) in [7, 11) is 0. The number of amides is 2. The van der Waals surface area contributed by atoms with Crippen LogP contribution in [0, 0.1) is 11.6 Å². The van der Waals surface area contributed by atoms with Crippen molar-refractivity contribution in [3.63, 3.8) is 0 Å². The van der Waals surface area contributed by atoms with Gasteiger partial charge in [-0.05, 0) is 12.1 Å². The van der Waals surface area contributed by atoms with Crippen LogP contribution in [0.1, 0.15) is 13.3 Å². The molecule has 0 spiro atoms. The number of carbonyl (C=O) groups is 2. The van der Waals surface area contributed by atoms with Crippen LogP contribution in [-0.4, -0.2) is 29.8 Å². The average molecular weight is 282 g/mol. The normalized spacial score (nSPS) is 9.95. The average Bonchev–Trinajstić information content (AvgIpc) is 2.37. The van der Waals surface area contributed by atoms with Crippen LogP contribution in [0.25, 0.3) is 0 Å². The number of carbonyl (C=O) groups excluding carboxylic acids is 2. The van der Waals surface area contributed by atoms with Gasteiger partial charge in [0.15, 0.2) is 0 Å². The van der Waals surface area contributed by atoms with E-state index in [2.05, 4.69) is 11.9 Å². The fraction of sp³-hybridized carbons (Fsp3) is 0.286. The molecule has 6 heteroatoms. The van der Waals surface area contributed by atoms with E-state index in [4.69, 9.17) is 0 Å². The van der Waals surface area contributed by atoms with Crippen molar-refractivity contribution >= 4 is 17.5 Å². The predicted octanol–water partition coefficient (Wildman–Crippen LogP) is 2.33. The lowest BCUT2D eigenvalue weighted by molar-refractivity contribution is -0.128. The molecule has 1 N–H and O–H groups in total. The van der Waals surface area contributed by atoms with E-state index in [0.29, 0.717) is 12.6 Å². The minimum atomic E-state index is -0.840. The van der Waals surface area contributed by atoms with E-state index in [9.17, 15) is 18.4 Å². The van der Waals surface area contributed by atoms with Gasteiger partial charge in [0.2, 0.25) is 11.8 Å². The van der Waals surface area contributed by atoms with E-state index in [0.717, 1.165) is 12.1 Å². The molecule has 1 rings (SSSR count). The van der Waals surface area contributed by atoms with E-state index in [-0.39, 0.29) is 24.6 Å². The van der Waals surface area contributed by atoms with Crippen LogP contribution in [0.3, 0.4) is 0 Å². The van der Waals surface area contributed by atoms with Gasteiger partial charge in [0.05, 0.1) is 5.69 Å². The van der Waals surface area contributed by atoms with Gasteiger partial charge in [-0.25, -0.2) is 8.78 Å². The standard InChI is InChI=1S/C14H16F2N2O2/c1-3-7-18(10(2)19)8-6-14(20)17-13-5-4-11(15)9-12(13)16/h3-5,9H,1,6-8H2,2H3,(H,17,20). The summed E-state index contributed by atoms with van der Waals surface area (Å²) >= 11 is 0. The zero-order valence-corrected chi connectivity index (χ0v) is 11.2. The summed E-state index contributed by atoms with van der Waals surface area (Å²) < 4.78 is 26.0. The molecule has 0 aliphatic heterocycles. The Morgan fingerprint density at radius 2 is 2.10 bits per heavy atom. The summed E-state index contributed by atoms with van der Waals surface area (Å²) in [5.41, 5.74) is -0.0884. The molecule has 0 aromatic heterocycles. The number of hydrogen-bond acceptors (Lipinski definition) is 2. The summed E-state index contributed by atoms with van der Waals surface area (Å²) in [5.74, 6) is -2.18. The van der Waals surface area contributed by atoms with Crippen molar-refractivity contribution in [3.05, 3.63) is 42.5 Å². The molecule has 0 radical (unpaired) electrons. The maximum atomic E-state index is 13.3. The summed E-state index contributed by atoms with van der Waals surface area (Å²) in [6, 6.07) is 2.89. The molecule has 0 aliphatic carbocycles. The van der Waals surface area contributed by atoms with Gasteiger partial charge in [0.25, 0.3) is 0 Å². The van der Waals surface area contributed by atoms with E-state index < -0.39 is 17.5 Å². The SMILES string of the molecule is C=CCN(CCC(=O)Nc1ccc(F)cc1F)C(C)=O. The van der Waals surface area contributed by atoms with Gasteiger partial charge in [-0.3, -0.25) is 9.59 Å². The summed E-state index contributed by atoms with van der Waals surface area (Å²) in [6.07, 6.45) is 1.57. The highest BCUT2D eigenvalue weighted by atomic mass is 19.1. The van der Waals surface area contributed by atoms with Crippen molar-refractivity contribution in [1.29, 1.82) is 0 Å². The van der Waals surface area contributed by atoms with Gasteiger partial charge in [-0.2, -0.15) is 0 Å². The number of nitrogens with one attached hydrogen (secondary N) is 1. The number of hydrogen-bond donors (Lipinski definition) is 1. The maximum absolute atomic E-state index is 13.3. The Labute approximate surface area is 116 Å². The molecule has 0 bridgehead atoms. The lowest BCUT2D eigenvalue weighted by Crippen LogP contribution is -2.32. The Hall–Kier alpha value is -2.24. The Morgan fingerprint density at radius 1 is 1.40 bits per heavy atom. The second kappa shape index (κ2) is 7.37. The first-order chi connectivity index (χ1) is 9.43. The van der Waals surface area contributed by atoms with E-state index in [1.807, 2.05) is 0 Å². The van der Waals surface area contributed by atoms with Crippen LogP contribution >= 0.6 is 0 Å². The second-order valence-electron chi connectivity index (χ2n) is 4.18. The van der Waals surface area contributed by atoms with E-state index in [1.165, 1.54) is 11.8 Å². The van der Waals surface area contributed by atoms with Gasteiger partial charge in [-0.15, -0.1) is 6.58 Å². The molecule has 0 fully saturated rings. The smallest absolute Gasteiger partial charge is 0.226 e. The minimum absolute atomic E-state index is 0.0181. The number of rotatable bonds is 6. The van der Waals surface area contributed by atoms with Crippen molar-refractivity contribution in [1.82, 2.24) is 4.90 Å². The molecule has 0 saturated heterocycles. The van der Waals surface area contributed by atoms with Gasteiger partial charge >= 0.3 is 0 Å². The van der Waals surface area contributed by atoms with Crippen LogP contribution < -0.4 is 5.32 Å². The Balaban J connectivity index is 2.55. The van der Waals surface area contributed by atoms with Crippen molar-refractivity contribution in [2.24, 2.45) is 0 Å². The number of anilines is 1. The van der Waals surface area contributed by atoms with Gasteiger partial charge in [0, 0.05) is 32.5 Å². The summed E-state index contributed by atoms with van der Waals surface area (Å²) in [4.78, 5) is 24.3. The molecule has 0 unspecified atom stereocenters. The summed E-state index contributed by atoms with van der Waals surface area (Å²) in [6.45, 7) is 5.45. The second-order valence-corrected chi connectivity index (χ2v) is 4.18. The van der Waals surface area contributed by atoms with Crippen LogP contribution in [0.4, 0.5) is 14.5 Å². The third-order valence-corrected chi connectivity index (χ3v) is 2.61. The first-order valence-corrected chi connectivity index (χ1v) is 6.05. The van der Waals surface area contributed by atoms with Crippen LogP contribution in [0.2, 0.25) is 0 Å². The molecule has 0 heterocycles. The number of halogens is 2. The Kier molecular flexibility index (Phi) is 5.83. The zero-order chi connectivity index (χ0) is 15.1. The fourth-order valence-electron chi connectivity index (χ4n) is 1.57. The molecule has 2 amide bonds.